The maximum Gasteiger partial charge on any atom is 0.311 e. The number of anilines is 1. The third-order valence-corrected chi connectivity index (χ3v) is 4.56. The Hall–Kier alpha value is -3.15. The van der Waals surface area contributed by atoms with Crippen LogP contribution in [0.1, 0.15) is 22.3 Å². The fourth-order valence-corrected chi connectivity index (χ4v) is 2.95. The number of esters is 1. The van der Waals surface area contributed by atoms with Crippen LogP contribution in [0.5, 0.6) is 5.75 Å². The fourth-order valence-electron chi connectivity index (χ4n) is 2.95. The van der Waals surface area contributed by atoms with Crippen LogP contribution in [0.4, 0.5) is 5.69 Å². The molecule has 1 atom stereocenters. The van der Waals surface area contributed by atoms with E-state index in [1.807, 2.05) is 19.1 Å². The van der Waals surface area contributed by atoms with E-state index in [0.29, 0.717) is 17.0 Å². The second kappa shape index (κ2) is 8.03. The van der Waals surface area contributed by atoms with Crippen LogP contribution in [-0.4, -0.2) is 37.9 Å². The van der Waals surface area contributed by atoms with Gasteiger partial charge in [-0.2, -0.15) is 0 Å². The molecule has 1 saturated heterocycles. The highest BCUT2D eigenvalue weighted by molar-refractivity contribution is 6.01. The number of aryl methyl sites for hydroxylation is 1. The highest BCUT2D eigenvalue weighted by Crippen LogP contribution is 2.27. The van der Waals surface area contributed by atoms with Crippen molar-refractivity contribution < 1.29 is 23.9 Å². The van der Waals surface area contributed by atoms with Gasteiger partial charge >= 0.3 is 5.97 Å². The summed E-state index contributed by atoms with van der Waals surface area (Å²) in [6.07, 6.45) is 0.0730. The van der Waals surface area contributed by atoms with E-state index >= 15 is 0 Å². The Kier molecular flexibility index (Phi) is 5.54. The lowest BCUT2D eigenvalue weighted by molar-refractivity contribution is -0.147. The molecule has 6 nitrogen and oxygen atoms in total. The second-order valence-corrected chi connectivity index (χ2v) is 6.50. The van der Waals surface area contributed by atoms with Crippen molar-refractivity contribution in [1.82, 2.24) is 0 Å². The van der Waals surface area contributed by atoms with Gasteiger partial charge in [0.25, 0.3) is 0 Å². The summed E-state index contributed by atoms with van der Waals surface area (Å²) in [5.41, 5.74) is 2.24. The van der Waals surface area contributed by atoms with Crippen LogP contribution in [0.15, 0.2) is 48.5 Å². The normalized spacial score (nSPS) is 16.3. The maximum absolute atomic E-state index is 12.3. The van der Waals surface area contributed by atoms with Gasteiger partial charge in [-0.3, -0.25) is 14.4 Å². The number of hydrogen-bond acceptors (Lipinski definition) is 5. The standard InChI is InChI=1S/C21H21NO5/c1-14-3-5-15(6-4-14)19(23)13-27-21(25)16-11-20(24)22(12-16)17-7-9-18(26-2)10-8-17/h3-10,16H,11-13H2,1-2H3/t16-/m0/s1. The van der Waals surface area contributed by atoms with Crippen molar-refractivity contribution >= 4 is 23.3 Å². The van der Waals surface area contributed by atoms with E-state index in [1.165, 1.54) is 0 Å². The number of benzene rings is 2. The number of methoxy groups -OCH3 is 1. The van der Waals surface area contributed by atoms with E-state index in [9.17, 15) is 14.4 Å². The summed E-state index contributed by atoms with van der Waals surface area (Å²) in [5, 5.41) is 0. The van der Waals surface area contributed by atoms with Crippen molar-refractivity contribution in [3.63, 3.8) is 0 Å². The van der Waals surface area contributed by atoms with Gasteiger partial charge in [0.2, 0.25) is 5.91 Å². The first-order chi connectivity index (χ1) is 13.0. The zero-order valence-corrected chi connectivity index (χ0v) is 15.3. The molecule has 0 saturated carbocycles. The summed E-state index contributed by atoms with van der Waals surface area (Å²) in [6, 6.07) is 14.1. The molecule has 1 aliphatic rings. The Balaban J connectivity index is 1.56. The topological polar surface area (TPSA) is 72.9 Å². The molecule has 140 valence electrons. The zero-order valence-electron chi connectivity index (χ0n) is 15.3. The van der Waals surface area contributed by atoms with E-state index < -0.39 is 11.9 Å². The average molecular weight is 367 g/mol. The van der Waals surface area contributed by atoms with E-state index in [4.69, 9.17) is 9.47 Å². The number of amides is 1. The molecule has 1 fully saturated rings. The van der Waals surface area contributed by atoms with Crippen LogP contribution in [0.25, 0.3) is 0 Å². The van der Waals surface area contributed by atoms with E-state index in [2.05, 4.69) is 0 Å². The number of hydrogen-bond donors (Lipinski definition) is 0. The largest absolute Gasteiger partial charge is 0.497 e. The van der Waals surface area contributed by atoms with E-state index in [-0.39, 0.29) is 31.3 Å². The summed E-state index contributed by atoms with van der Waals surface area (Å²) in [6.45, 7) is 1.85. The van der Waals surface area contributed by atoms with Gasteiger partial charge in [-0.05, 0) is 31.2 Å². The van der Waals surface area contributed by atoms with Crippen LogP contribution < -0.4 is 9.64 Å². The summed E-state index contributed by atoms with van der Waals surface area (Å²) in [7, 11) is 1.57. The first kappa shape index (κ1) is 18.6. The fraction of sp³-hybridized carbons (Fsp3) is 0.286. The smallest absolute Gasteiger partial charge is 0.311 e. The van der Waals surface area contributed by atoms with Gasteiger partial charge in [-0.25, -0.2) is 0 Å². The second-order valence-electron chi connectivity index (χ2n) is 6.50. The predicted molar refractivity (Wildman–Crippen MR) is 99.9 cm³/mol. The zero-order chi connectivity index (χ0) is 19.4. The number of Topliss-reactive ketones (excluding diaryl/α,β-unsaturated/α-hetero) is 1. The van der Waals surface area contributed by atoms with Gasteiger partial charge in [-0.15, -0.1) is 0 Å². The quantitative estimate of drug-likeness (QED) is 0.580. The minimum atomic E-state index is -0.578. The molecular formula is C21H21NO5. The Labute approximate surface area is 157 Å². The van der Waals surface area contributed by atoms with Crippen molar-refractivity contribution in [3.05, 3.63) is 59.7 Å². The maximum atomic E-state index is 12.3. The third-order valence-electron chi connectivity index (χ3n) is 4.56. The number of carbonyl (C=O) groups excluding carboxylic acids is 3. The number of ketones is 1. The molecule has 0 aromatic heterocycles. The number of ether oxygens (including phenoxy) is 2. The number of nitrogens with zero attached hydrogens (tertiary/aromatic N) is 1. The molecular weight excluding hydrogens is 346 g/mol. The highest BCUT2D eigenvalue weighted by atomic mass is 16.5. The lowest BCUT2D eigenvalue weighted by Crippen LogP contribution is -2.27. The summed E-state index contributed by atoms with van der Waals surface area (Å²) < 4.78 is 10.3. The predicted octanol–water partition coefficient (Wildman–Crippen LogP) is 2.78. The lowest BCUT2D eigenvalue weighted by Gasteiger charge is -2.16. The Morgan fingerprint density at radius 2 is 1.74 bits per heavy atom. The van der Waals surface area contributed by atoms with Crippen LogP contribution in [0.3, 0.4) is 0 Å². The minimum Gasteiger partial charge on any atom is -0.497 e. The molecule has 3 rings (SSSR count). The van der Waals surface area contributed by atoms with Crippen LogP contribution in [0.2, 0.25) is 0 Å². The molecule has 0 bridgehead atoms. The summed E-state index contributed by atoms with van der Waals surface area (Å²) >= 11 is 0. The van der Waals surface area contributed by atoms with E-state index in [0.717, 1.165) is 5.56 Å². The SMILES string of the molecule is COc1ccc(N2C[C@@H](C(=O)OCC(=O)c3ccc(C)cc3)CC2=O)cc1. The van der Waals surface area contributed by atoms with Crippen LogP contribution in [0, 0.1) is 12.8 Å². The van der Waals surface area contributed by atoms with Gasteiger partial charge in [-0.1, -0.05) is 29.8 Å². The van der Waals surface area contributed by atoms with Crippen molar-refractivity contribution in [2.75, 3.05) is 25.2 Å². The third kappa shape index (κ3) is 4.34. The van der Waals surface area contributed by atoms with Gasteiger partial charge in [0, 0.05) is 24.2 Å². The van der Waals surface area contributed by atoms with Crippen LogP contribution >= 0.6 is 0 Å². The molecule has 27 heavy (non-hydrogen) atoms. The monoisotopic (exact) mass is 367 g/mol. The molecule has 1 aliphatic heterocycles. The molecule has 1 amide bonds. The molecule has 0 spiro atoms. The first-order valence-corrected chi connectivity index (χ1v) is 8.69. The first-order valence-electron chi connectivity index (χ1n) is 8.69. The van der Waals surface area contributed by atoms with Crippen molar-refractivity contribution in [3.8, 4) is 5.75 Å². The molecule has 0 N–H and O–H groups in total. The van der Waals surface area contributed by atoms with Gasteiger partial charge in [0.1, 0.15) is 5.75 Å². The van der Waals surface area contributed by atoms with Gasteiger partial charge in [0.15, 0.2) is 12.4 Å². The highest BCUT2D eigenvalue weighted by Gasteiger charge is 2.36. The van der Waals surface area contributed by atoms with Crippen molar-refractivity contribution in [1.29, 1.82) is 0 Å². The summed E-state index contributed by atoms with van der Waals surface area (Å²) in [5.74, 6) is -0.826. The van der Waals surface area contributed by atoms with Crippen LogP contribution in [-0.2, 0) is 14.3 Å². The molecule has 0 aliphatic carbocycles. The molecule has 0 radical (unpaired) electrons. The van der Waals surface area contributed by atoms with Crippen molar-refractivity contribution in [2.24, 2.45) is 5.92 Å². The number of rotatable bonds is 6. The molecule has 6 heteroatoms. The minimum absolute atomic E-state index is 0.0730. The number of carbonyl (C=O) groups is 3. The van der Waals surface area contributed by atoms with Gasteiger partial charge < -0.3 is 14.4 Å². The van der Waals surface area contributed by atoms with Crippen molar-refractivity contribution in [2.45, 2.75) is 13.3 Å². The molecule has 2 aromatic carbocycles. The average Bonchev–Trinajstić information content (AvgIpc) is 3.08. The Morgan fingerprint density at radius 3 is 2.37 bits per heavy atom. The lowest BCUT2D eigenvalue weighted by atomic mass is 10.1. The Morgan fingerprint density at radius 1 is 1.07 bits per heavy atom. The molecule has 0 unspecified atom stereocenters. The molecule has 1 heterocycles. The molecule has 2 aromatic rings. The van der Waals surface area contributed by atoms with Gasteiger partial charge in [0.05, 0.1) is 13.0 Å². The Bertz CT molecular complexity index is 842. The summed E-state index contributed by atoms with van der Waals surface area (Å²) in [4.78, 5) is 38.2. The van der Waals surface area contributed by atoms with E-state index in [1.54, 1.807) is 48.4 Å².